The average Bonchev–Trinajstić information content (AvgIpc) is 2.88. The molecule has 2 aromatic heterocycles. The number of aliphatic hydroxyl groups is 3. The first-order chi connectivity index (χ1) is 16.5. The Morgan fingerprint density at radius 1 is 1.24 bits per heavy atom. The number of nitrogens with one attached hydrogen (secondary N) is 1. The Balaban J connectivity index is 2.04. The molecule has 0 aromatic carbocycles. The van der Waals surface area contributed by atoms with Crippen LogP contribution in [0.25, 0.3) is 11.0 Å². The molecule has 0 saturated carbocycles. The number of rotatable bonds is 6. The van der Waals surface area contributed by atoms with E-state index in [1.807, 2.05) is 0 Å². The van der Waals surface area contributed by atoms with E-state index in [9.17, 15) is 37.9 Å². The van der Waals surface area contributed by atoms with Gasteiger partial charge in [-0.25, -0.2) is 4.98 Å². The lowest BCUT2D eigenvalue weighted by Gasteiger charge is -2.34. The number of halogens is 3. The molecule has 208 valence electrons. The minimum absolute atomic E-state index is 0.0411. The van der Waals surface area contributed by atoms with Crippen molar-refractivity contribution in [2.45, 2.75) is 95.9 Å². The van der Waals surface area contributed by atoms with Gasteiger partial charge in [-0.1, -0.05) is 12.2 Å². The summed E-state index contributed by atoms with van der Waals surface area (Å²) in [6.07, 6.45) is -8.83. The van der Waals surface area contributed by atoms with E-state index in [2.05, 4.69) is 9.97 Å². The fraction of sp³-hybridized carbons (Fsp3) is 0.652. The molecule has 0 amide bonds. The van der Waals surface area contributed by atoms with E-state index in [-0.39, 0.29) is 27.8 Å². The van der Waals surface area contributed by atoms with Crippen LogP contribution in [0, 0.1) is 18.5 Å². The summed E-state index contributed by atoms with van der Waals surface area (Å²) >= 11 is 5.40. The summed E-state index contributed by atoms with van der Waals surface area (Å²) in [7, 11) is -4.46. The van der Waals surface area contributed by atoms with Crippen LogP contribution in [0.2, 0.25) is 0 Å². The van der Waals surface area contributed by atoms with Gasteiger partial charge in [-0.15, -0.1) is 0 Å². The normalized spacial score (nSPS) is 29.5. The van der Waals surface area contributed by atoms with Crippen molar-refractivity contribution in [2.24, 2.45) is 0 Å². The molecule has 6 atom stereocenters. The first kappa shape index (κ1) is 30.1. The monoisotopic (exact) mass is 568 g/mol. The molecule has 5 unspecified atom stereocenters. The van der Waals surface area contributed by atoms with Crippen molar-refractivity contribution in [3.63, 3.8) is 0 Å². The standard InChI is InChI=1S/C23H32F3N2O7PS/c1-10(34-36(32,33)20(4,5)31)9-21(6)16(29)17(30)22(7,35-21)14-8-13-11(2)12(3)15(23(24,25)26)27-18(13)28-19(14)37/h8,10,16-17,29-31H,9H2,1-7H3,(H,32,33)(H,27,28,37)/t10?,16-,17?,21?,22?/m1/s1. The zero-order chi connectivity index (χ0) is 28.5. The van der Waals surface area contributed by atoms with Gasteiger partial charge in [0.05, 0.1) is 11.7 Å². The van der Waals surface area contributed by atoms with Gasteiger partial charge in [0.1, 0.15) is 33.8 Å². The summed E-state index contributed by atoms with van der Waals surface area (Å²) in [4.78, 5) is 16.5. The van der Waals surface area contributed by atoms with Crippen molar-refractivity contribution in [3.8, 4) is 0 Å². The first-order valence-corrected chi connectivity index (χ1v) is 13.5. The van der Waals surface area contributed by atoms with Gasteiger partial charge in [0, 0.05) is 17.4 Å². The second-order valence-corrected chi connectivity index (χ2v) is 13.3. The fourth-order valence-corrected chi connectivity index (χ4v) is 5.89. The van der Waals surface area contributed by atoms with Crippen molar-refractivity contribution in [3.05, 3.63) is 33.1 Å². The Morgan fingerprint density at radius 2 is 1.81 bits per heavy atom. The van der Waals surface area contributed by atoms with Crippen LogP contribution in [0.3, 0.4) is 0 Å². The predicted molar refractivity (Wildman–Crippen MR) is 132 cm³/mol. The molecule has 1 saturated heterocycles. The van der Waals surface area contributed by atoms with E-state index >= 15 is 0 Å². The Labute approximate surface area is 217 Å². The average molecular weight is 569 g/mol. The Morgan fingerprint density at radius 3 is 2.32 bits per heavy atom. The SMILES string of the molecule is Cc1c(C(F)(F)F)nc2[nH]c(=S)c(C3(C)OC(C)(CC(C)OP(=O)(O)C(C)(C)O)[C@H](O)C3O)cc2c1C. The maximum absolute atomic E-state index is 13.5. The minimum Gasteiger partial charge on any atom is -0.387 e. The van der Waals surface area contributed by atoms with E-state index in [1.54, 1.807) is 0 Å². The van der Waals surface area contributed by atoms with E-state index in [1.165, 1.54) is 40.7 Å². The molecular formula is C23H32F3N2O7PS. The molecule has 3 rings (SSSR count). The third-order valence-electron chi connectivity index (χ3n) is 7.01. The first-order valence-electron chi connectivity index (χ1n) is 11.5. The number of fused-ring (bicyclic) bond motifs is 1. The number of ether oxygens (including phenoxy) is 1. The van der Waals surface area contributed by atoms with Crippen molar-refractivity contribution in [1.82, 2.24) is 9.97 Å². The highest BCUT2D eigenvalue weighted by Crippen LogP contribution is 2.56. The van der Waals surface area contributed by atoms with Gasteiger partial charge in [0.25, 0.3) is 0 Å². The predicted octanol–water partition coefficient (Wildman–Crippen LogP) is 4.36. The molecule has 14 heteroatoms. The summed E-state index contributed by atoms with van der Waals surface area (Å²) in [5.74, 6) is 0. The smallest absolute Gasteiger partial charge is 0.387 e. The molecule has 0 aliphatic carbocycles. The number of aromatic amines is 1. The quantitative estimate of drug-likeness (QED) is 0.253. The molecule has 1 fully saturated rings. The van der Waals surface area contributed by atoms with Crippen molar-refractivity contribution >= 4 is 30.8 Å². The van der Waals surface area contributed by atoms with E-state index in [4.69, 9.17) is 21.5 Å². The maximum atomic E-state index is 13.5. The summed E-state index contributed by atoms with van der Waals surface area (Å²) in [6, 6.07) is 1.49. The highest BCUT2D eigenvalue weighted by Gasteiger charge is 2.59. The van der Waals surface area contributed by atoms with Gasteiger partial charge < -0.3 is 34.5 Å². The molecule has 37 heavy (non-hydrogen) atoms. The van der Waals surface area contributed by atoms with Gasteiger partial charge >= 0.3 is 13.8 Å². The number of aromatic nitrogens is 2. The fourth-order valence-electron chi connectivity index (χ4n) is 4.71. The summed E-state index contributed by atoms with van der Waals surface area (Å²) in [5, 5.41) is 30.3. The Bertz CT molecular complexity index is 1330. The number of aliphatic hydroxyl groups excluding tert-OH is 2. The molecule has 1 aliphatic heterocycles. The topological polar surface area (TPSA) is 145 Å². The van der Waals surface area contributed by atoms with E-state index < -0.39 is 54.3 Å². The summed E-state index contributed by atoms with van der Waals surface area (Å²) in [5.41, 5.74) is -3.78. The highest BCUT2D eigenvalue weighted by atomic mass is 32.1. The Hall–Kier alpha value is -1.44. The van der Waals surface area contributed by atoms with Crippen LogP contribution < -0.4 is 0 Å². The molecular weight excluding hydrogens is 536 g/mol. The lowest BCUT2D eigenvalue weighted by Crippen LogP contribution is -2.43. The lowest BCUT2D eigenvalue weighted by molar-refractivity contribution is -0.141. The molecule has 0 radical (unpaired) electrons. The number of nitrogens with zero attached hydrogens (tertiary/aromatic N) is 1. The maximum Gasteiger partial charge on any atom is 0.433 e. The van der Waals surface area contributed by atoms with Gasteiger partial charge in [0.15, 0.2) is 5.34 Å². The third kappa shape index (κ3) is 5.25. The second-order valence-electron chi connectivity index (χ2n) is 10.5. The highest BCUT2D eigenvalue weighted by molar-refractivity contribution is 7.71. The van der Waals surface area contributed by atoms with Gasteiger partial charge in [-0.3, -0.25) is 4.57 Å². The molecule has 0 bridgehead atoms. The number of hydrogen-bond acceptors (Lipinski definition) is 8. The van der Waals surface area contributed by atoms with Crippen LogP contribution in [0.1, 0.15) is 63.4 Å². The number of alkyl halides is 3. The second kappa shape index (κ2) is 9.34. The van der Waals surface area contributed by atoms with Gasteiger partial charge in [0.2, 0.25) is 0 Å². The zero-order valence-electron chi connectivity index (χ0n) is 21.5. The van der Waals surface area contributed by atoms with Crippen LogP contribution in [0.4, 0.5) is 13.2 Å². The lowest BCUT2D eigenvalue weighted by atomic mass is 9.85. The van der Waals surface area contributed by atoms with E-state index in [0.29, 0.717) is 10.9 Å². The molecule has 0 spiro atoms. The molecule has 2 aromatic rings. The zero-order valence-corrected chi connectivity index (χ0v) is 23.2. The van der Waals surface area contributed by atoms with Crippen molar-refractivity contribution < 1.29 is 47.2 Å². The van der Waals surface area contributed by atoms with Crippen molar-refractivity contribution in [2.75, 3.05) is 0 Å². The molecule has 9 nitrogen and oxygen atoms in total. The molecule has 1 aliphatic rings. The number of hydrogen-bond donors (Lipinski definition) is 5. The minimum atomic E-state index is -4.66. The number of pyridine rings is 2. The van der Waals surface area contributed by atoms with Gasteiger partial charge in [-0.2, -0.15) is 13.2 Å². The van der Waals surface area contributed by atoms with Crippen LogP contribution in [-0.2, 0) is 25.6 Å². The van der Waals surface area contributed by atoms with Gasteiger partial charge in [-0.05, 0) is 65.7 Å². The molecule has 5 N–H and O–H groups in total. The summed E-state index contributed by atoms with van der Waals surface area (Å²) in [6.45, 7) is 9.50. The third-order valence-corrected chi connectivity index (χ3v) is 9.36. The van der Waals surface area contributed by atoms with Crippen LogP contribution in [0.15, 0.2) is 6.07 Å². The van der Waals surface area contributed by atoms with Crippen LogP contribution in [0.5, 0.6) is 0 Å². The van der Waals surface area contributed by atoms with E-state index in [0.717, 1.165) is 13.8 Å². The van der Waals surface area contributed by atoms with Crippen LogP contribution >= 0.6 is 19.8 Å². The van der Waals surface area contributed by atoms with Crippen LogP contribution in [-0.4, -0.2) is 59.4 Å². The largest absolute Gasteiger partial charge is 0.433 e. The number of H-pyrrole nitrogens is 1. The number of aryl methyl sites for hydroxylation is 1. The van der Waals surface area contributed by atoms with Crippen molar-refractivity contribution in [1.29, 1.82) is 0 Å². The molecule has 3 heterocycles. The Kier molecular flexibility index (Phi) is 7.60. The summed E-state index contributed by atoms with van der Waals surface area (Å²) < 4.78 is 64.1.